The minimum Gasteiger partial charge on any atom is -0.393 e. The van der Waals surface area contributed by atoms with E-state index >= 15 is 0 Å². The maximum absolute atomic E-state index is 13.3. The molecule has 82 valence electrons. The highest BCUT2D eigenvalue weighted by molar-refractivity contribution is 7.99. The summed E-state index contributed by atoms with van der Waals surface area (Å²) >= 11 is 1.30. The van der Waals surface area contributed by atoms with E-state index in [1.54, 1.807) is 0 Å². The van der Waals surface area contributed by atoms with Crippen molar-refractivity contribution in [2.45, 2.75) is 18.2 Å². The van der Waals surface area contributed by atoms with Gasteiger partial charge in [0.1, 0.15) is 11.5 Å². The molecular formula is C9H11FN2O2S. The van der Waals surface area contributed by atoms with Crippen LogP contribution in [-0.4, -0.2) is 10.7 Å². The number of rotatable bonds is 4. The fourth-order valence-electron chi connectivity index (χ4n) is 1.04. The second-order valence-electron chi connectivity index (χ2n) is 2.95. The number of nitrogens with zero attached hydrogens (tertiary/aromatic N) is 1. The van der Waals surface area contributed by atoms with Crippen molar-refractivity contribution in [1.29, 1.82) is 0 Å². The Kier molecular flexibility index (Phi) is 3.90. The number of hydrogen-bond acceptors (Lipinski definition) is 4. The Morgan fingerprint density at radius 1 is 1.60 bits per heavy atom. The second kappa shape index (κ2) is 4.97. The van der Waals surface area contributed by atoms with E-state index in [0.717, 1.165) is 18.2 Å². The lowest BCUT2D eigenvalue weighted by Gasteiger charge is -2.03. The minimum atomic E-state index is -0.688. The number of nitrogen functional groups attached to an aromatic ring is 1. The van der Waals surface area contributed by atoms with Gasteiger partial charge in [0.15, 0.2) is 0 Å². The third-order valence-electron chi connectivity index (χ3n) is 1.74. The molecule has 0 fully saturated rings. The molecule has 1 aromatic rings. The predicted octanol–water partition coefficient (Wildman–Crippen LogP) is 2.82. The van der Waals surface area contributed by atoms with Gasteiger partial charge < -0.3 is 5.73 Å². The Bertz CT molecular complexity index is 385. The molecule has 6 heteroatoms. The maximum atomic E-state index is 13.3. The van der Waals surface area contributed by atoms with Crippen LogP contribution >= 0.6 is 11.8 Å². The van der Waals surface area contributed by atoms with Crippen LogP contribution in [0, 0.1) is 15.9 Å². The first kappa shape index (κ1) is 11.8. The minimum absolute atomic E-state index is 0.00000283. The van der Waals surface area contributed by atoms with Gasteiger partial charge in [-0.15, -0.1) is 11.8 Å². The van der Waals surface area contributed by atoms with Gasteiger partial charge in [0.05, 0.1) is 11.0 Å². The highest BCUT2D eigenvalue weighted by Gasteiger charge is 2.16. The molecule has 0 radical (unpaired) electrons. The summed E-state index contributed by atoms with van der Waals surface area (Å²) in [6, 6.07) is 2.18. The predicted molar refractivity (Wildman–Crippen MR) is 58.5 cm³/mol. The van der Waals surface area contributed by atoms with Crippen molar-refractivity contribution in [2.24, 2.45) is 0 Å². The monoisotopic (exact) mass is 230 g/mol. The Morgan fingerprint density at radius 3 is 2.80 bits per heavy atom. The molecule has 0 aliphatic heterocycles. The normalized spacial score (nSPS) is 10.3. The van der Waals surface area contributed by atoms with E-state index in [-0.39, 0.29) is 11.4 Å². The van der Waals surface area contributed by atoms with E-state index in [9.17, 15) is 14.5 Å². The second-order valence-corrected chi connectivity index (χ2v) is 4.08. The van der Waals surface area contributed by atoms with Crippen LogP contribution in [0.1, 0.15) is 13.3 Å². The number of hydrogen-bond donors (Lipinski definition) is 1. The first-order chi connectivity index (χ1) is 7.06. The van der Waals surface area contributed by atoms with Crippen molar-refractivity contribution in [3.05, 3.63) is 28.1 Å². The summed E-state index contributed by atoms with van der Waals surface area (Å²) < 4.78 is 13.3. The third kappa shape index (κ3) is 2.82. The molecule has 0 aliphatic carbocycles. The smallest absolute Gasteiger partial charge is 0.295 e. The third-order valence-corrected chi connectivity index (χ3v) is 2.98. The van der Waals surface area contributed by atoms with Crippen LogP contribution in [-0.2, 0) is 0 Å². The zero-order chi connectivity index (χ0) is 11.4. The standard InChI is InChI=1S/C9H11FN2O2S/c1-2-3-15-9-5-7(11)8(12(13)14)4-6(9)10/h4-5H,2-3,11H2,1H3. The molecule has 0 amide bonds. The highest BCUT2D eigenvalue weighted by atomic mass is 32.2. The Hall–Kier alpha value is -1.30. The summed E-state index contributed by atoms with van der Waals surface area (Å²) in [7, 11) is 0. The van der Waals surface area contributed by atoms with Gasteiger partial charge >= 0.3 is 0 Å². The van der Waals surface area contributed by atoms with Crippen molar-refractivity contribution in [3.63, 3.8) is 0 Å². The van der Waals surface area contributed by atoms with Gasteiger partial charge in [0.25, 0.3) is 5.69 Å². The van der Waals surface area contributed by atoms with Crippen LogP contribution < -0.4 is 5.73 Å². The molecular weight excluding hydrogens is 219 g/mol. The molecule has 0 aliphatic rings. The number of nitrogens with two attached hydrogens (primary N) is 1. The van der Waals surface area contributed by atoms with Crippen LogP contribution in [0.25, 0.3) is 0 Å². The molecule has 15 heavy (non-hydrogen) atoms. The molecule has 2 N–H and O–H groups in total. The first-order valence-electron chi connectivity index (χ1n) is 4.42. The van der Waals surface area contributed by atoms with E-state index in [2.05, 4.69) is 0 Å². The van der Waals surface area contributed by atoms with Crippen LogP contribution in [0.15, 0.2) is 17.0 Å². The number of anilines is 1. The van der Waals surface area contributed by atoms with Gasteiger partial charge in [-0.2, -0.15) is 0 Å². The average Bonchev–Trinajstić information content (AvgIpc) is 2.18. The van der Waals surface area contributed by atoms with Crippen molar-refractivity contribution in [1.82, 2.24) is 0 Å². The van der Waals surface area contributed by atoms with Crippen molar-refractivity contribution in [3.8, 4) is 0 Å². The molecule has 0 bridgehead atoms. The summed E-state index contributed by atoms with van der Waals surface area (Å²) in [4.78, 5) is 10.1. The first-order valence-corrected chi connectivity index (χ1v) is 5.41. The van der Waals surface area contributed by atoms with Crippen molar-refractivity contribution in [2.75, 3.05) is 11.5 Å². The Labute approximate surface area is 90.8 Å². The van der Waals surface area contributed by atoms with Crippen molar-refractivity contribution < 1.29 is 9.31 Å². The molecule has 1 rings (SSSR count). The molecule has 0 saturated heterocycles. The largest absolute Gasteiger partial charge is 0.393 e. The number of benzene rings is 1. The van der Waals surface area contributed by atoms with E-state index in [1.165, 1.54) is 17.8 Å². The topological polar surface area (TPSA) is 69.2 Å². The highest BCUT2D eigenvalue weighted by Crippen LogP contribution is 2.30. The molecule has 1 aromatic carbocycles. The summed E-state index contributed by atoms with van der Waals surface area (Å²) in [5.41, 5.74) is 5.06. The molecule has 0 spiro atoms. The average molecular weight is 230 g/mol. The van der Waals surface area contributed by atoms with E-state index < -0.39 is 10.7 Å². The molecule has 0 atom stereocenters. The van der Waals surface area contributed by atoms with Crippen LogP contribution in [0.3, 0.4) is 0 Å². The lowest BCUT2D eigenvalue weighted by atomic mass is 10.2. The zero-order valence-corrected chi connectivity index (χ0v) is 9.01. The van der Waals surface area contributed by atoms with Gasteiger partial charge in [-0.3, -0.25) is 10.1 Å². The lowest BCUT2D eigenvalue weighted by Crippen LogP contribution is -1.97. The Morgan fingerprint density at radius 2 is 2.27 bits per heavy atom. The van der Waals surface area contributed by atoms with Crippen LogP contribution in [0.5, 0.6) is 0 Å². The van der Waals surface area contributed by atoms with Crippen LogP contribution in [0.2, 0.25) is 0 Å². The van der Waals surface area contributed by atoms with E-state index in [4.69, 9.17) is 5.73 Å². The molecule has 4 nitrogen and oxygen atoms in total. The summed E-state index contributed by atoms with van der Waals surface area (Å²) in [6.45, 7) is 1.97. The molecule has 0 heterocycles. The zero-order valence-electron chi connectivity index (χ0n) is 8.20. The maximum Gasteiger partial charge on any atom is 0.295 e. The number of nitro groups is 1. The molecule has 0 saturated carbocycles. The van der Waals surface area contributed by atoms with Gasteiger partial charge in [-0.05, 0) is 18.2 Å². The van der Waals surface area contributed by atoms with Gasteiger partial charge in [0.2, 0.25) is 0 Å². The SMILES string of the molecule is CCCSc1cc(N)c([N+](=O)[O-])cc1F. The quantitative estimate of drug-likeness (QED) is 0.373. The molecule has 0 unspecified atom stereocenters. The number of nitro benzene ring substituents is 1. The Balaban J connectivity index is 3.02. The summed E-state index contributed by atoms with van der Waals surface area (Å²) in [5.74, 6) is 0.170. The molecule has 0 aromatic heterocycles. The van der Waals surface area contributed by atoms with E-state index in [0.29, 0.717) is 4.90 Å². The lowest BCUT2D eigenvalue weighted by molar-refractivity contribution is -0.384. The van der Waals surface area contributed by atoms with Crippen LogP contribution in [0.4, 0.5) is 15.8 Å². The number of thioether (sulfide) groups is 1. The van der Waals surface area contributed by atoms with Gasteiger partial charge in [-0.1, -0.05) is 6.92 Å². The van der Waals surface area contributed by atoms with Gasteiger partial charge in [0, 0.05) is 4.90 Å². The van der Waals surface area contributed by atoms with Gasteiger partial charge in [-0.25, -0.2) is 4.39 Å². The fraction of sp³-hybridized carbons (Fsp3) is 0.333. The fourth-order valence-corrected chi connectivity index (χ4v) is 1.87. The van der Waals surface area contributed by atoms with E-state index in [1.807, 2.05) is 6.92 Å². The summed E-state index contributed by atoms with van der Waals surface area (Å²) in [6.07, 6.45) is 0.904. The number of halogens is 1. The van der Waals surface area contributed by atoms with Crippen molar-refractivity contribution >= 4 is 23.1 Å². The summed E-state index contributed by atoms with van der Waals surface area (Å²) in [5, 5.41) is 10.5.